The molecule has 0 amide bonds. The van der Waals surface area contributed by atoms with Gasteiger partial charge in [0.2, 0.25) is 0 Å². The molecule has 0 nitrogen and oxygen atoms in total. The summed E-state index contributed by atoms with van der Waals surface area (Å²) in [4.78, 5) is 0. The Morgan fingerprint density at radius 3 is 1.25 bits per heavy atom. The van der Waals surface area contributed by atoms with Gasteiger partial charge in [-0.25, -0.2) is 0 Å². The van der Waals surface area contributed by atoms with Gasteiger partial charge in [0.15, 0.2) is 0 Å². The van der Waals surface area contributed by atoms with E-state index in [1.165, 1.54) is 0 Å². The SMILES string of the molecule is SBr.[Ba].[Rb]. The normalized spacial score (nSPS) is 1.50. The van der Waals surface area contributed by atoms with Crippen molar-refractivity contribution in [3.8, 4) is 0 Å². The van der Waals surface area contributed by atoms with Crippen molar-refractivity contribution in [3.05, 3.63) is 0 Å². The molecule has 0 aliphatic heterocycles. The molecule has 17 valence electrons. The maximum atomic E-state index is 3.34. The molecule has 0 aromatic rings. The molecule has 0 rings (SSSR count). The standard InChI is InChI=1S/Ba.BrHS.Rb/c;1-2;/h;2H;. The van der Waals surface area contributed by atoms with E-state index in [2.05, 4.69) is 25.9 Å². The topological polar surface area (TPSA) is 0 Å². The first-order chi connectivity index (χ1) is 1.00. The molecule has 3 radical (unpaired) electrons. The predicted molar refractivity (Wildman–Crippen MR) is 29.4 cm³/mol. The van der Waals surface area contributed by atoms with Gasteiger partial charge in [-0.2, -0.15) is 0 Å². The van der Waals surface area contributed by atoms with E-state index < -0.39 is 0 Å². The Hall–Kier alpha value is 4.21. The quantitative estimate of drug-likeness (QED) is 0.483. The first-order valence-corrected chi connectivity index (χ1v) is 2.63. The van der Waals surface area contributed by atoms with E-state index in [0.29, 0.717) is 0 Å². The molecule has 0 aromatic carbocycles. The first kappa shape index (κ1) is 15.7. The molecule has 0 fully saturated rings. The minimum absolute atomic E-state index is 0. The molecule has 0 aliphatic carbocycles. The van der Waals surface area contributed by atoms with Gasteiger partial charge < -0.3 is 0 Å². The van der Waals surface area contributed by atoms with Crippen molar-refractivity contribution in [1.29, 1.82) is 0 Å². The van der Waals surface area contributed by atoms with Crippen molar-refractivity contribution in [2.45, 2.75) is 0 Å². The molecule has 0 aliphatic rings. The van der Waals surface area contributed by atoms with Gasteiger partial charge in [-0.1, -0.05) is 0 Å². The maximum Gasteiger partial charge on any atom is 0 e. The van der Waals surface area contributed by atoms with E-state index in [9.17, 15) is 0 Å². The van der Waals surface area contributed by atoms with E-state index in [-0.39, 0.29) is 107 Å². The summed E-state index contributed by atoms with van der Waals surface area (Å²) >= 11 is 5.97. The molecule has 0 saturated heterocycles. The molecule has 0 unspecified atom stereocenters. The Morgan fingerprint density at radius 1 is 1.25 bits per heavy atom. The fraction of sp³-hybridized carbons (Fsp3) is 0. The van der Waals surface area contributed by atoms with Crippen LogP contribution in [-0.2, 0) is 0 Å². The van der Waals surface area contributed by atoms with Gasteiger partial charge in [0.25, 0.3) is 0 Å². The monoisotopic (exact) mass is 335 g/mol. The Kier molecular flexibility index (Phi) is 61.7. The number of halogens is 1. The third kappa shape index (κ3) is 9.51. The molecule has 0 saturated carbocycles. The minimum atomic E-state index is 0. The smallest absolute Gasteiger partial charge is 0 e. The van der Waals surface area contributed by atoms with Gasteiger partial charge >= 0.3 is 0 Å². The fourth-order valence-electron chi connectivity index (χ4n) is 0. The second kappa shape index (κ2) is 15.7. The van der Waals surface area contributed by atoms with Crippen LogP contribution in [0.3, 0.4) is 0 Å². The third-order valence-electron chi connectivity index (χ3n) is 0. The van der Waals surface area contributed by atoms with Crippen LogP contribution in [0, 0.1) is 0 Å². The van der Waals surface area contributed by atoms with E-state index in [0.717, 1.165) is 0 Å². The summed E-state index contributed by atoms with van der Waals surface area (Å²) < 4.78 is 0. The summed E-state index contributed by atoms with van der Waals surface area (Å²) in [6, 6.07) is 0. The Balaban J connectivity index is -0.00000000500. The van der Waals surface area contributed by atoms with Crippen LogP contribution in [0.15, 0.2) is 0 Å². The number of thiol groups is 1. The average Bonchev–Trinajstić information content (AvgIpc) is 1.00. The minimum Gasteiger partial charge on any atom is -0.101 e. The van der Waals surface area contributed by atoms with Crippen molar-refractivity contribution >= 4 is 133 Å². The number of rotatable bonds is 0. The maximum absolute atomic E-state index is 3.34. The third-order valence-corrected chi connectivity index (χ3v) is 0. The molecule has 0 heterocycles. The summed E-state index contributed by atoms with van der Waals surface area (Å²) in [6.45, 7) is 0. The van der Waals surface area contributed by atoms with Crippen LogP contribution in [0.1, 0.15) is 0 Å². The van der Waals surface area contributed by atoms with Crippen LogP contribution in [0.2, 0.25) is 0 Å². The number of hydrogen-bond acceptors (Lipinski definition) is 1. The van der Waals surface area contributed by atoms with Crippen molar-refractivity contribution in [2.75, 3.05) is 0 Å². The fourth-order valence-corrected chi connectivity index (χ4v) is 0. The van der Waals surface area contributed by atoms with Crippen LogP contribution < -0.4 is 0 Å². The van der Waals surface area contributed by atoms with Gasteiger partial charge in [0.05, 0.1) is 0 Å². The van der Waals surface area contributed by atoms with Crippen molar-refractivity contribution in [2.24, 2.45) is 0 Å². The molecule has 0 atom stereocenters. The zero-order valence-electron chi connectivity index (χ0n) is 2.53. The molecule has 4 heteroatoms. The Bertz CT molecular complexity index is 8.00. The summed E-state index contributed by atoms with van der Waals surface area (Å²) in [6.07, 6.45) is 0. The molecular formula is HBaBrRbS. The molecule has 0 aromatic heterocycles. The summed E-state index contributed by atoms with van der Waals surface area (Å²) in [5, 5.41) is 0. The van der Waals surface area contributed by atoms with Gasteiger partial charge in [-0.15, -0.1) is 11.1 Å². The average molecular weight is 336 g/mol. The predicted octanol–water partition coefficient (Wildman–Crippen LogP) is 0.464. The van der Waals surface area contributed by atoms with Gasteiger partial charge in [-0.05, 0) is 14.8 Å². The summed E-state index contributed by atoms with van der Waals surface area (Å²) in [5.74, 6) is 0. The van der Waals surface area contributed by atoms with Crippen LogP contribution in [0.4, 0.5) is 0 Å². The Labute approximate surface area is 128 Å². The second-order valence-corrected chi connectivity index (χ2v) is 0. The Morgan fingerprint density at radius 2 is 1.25 bits per heavy atom. The first-order valence-electron chi connectivity index (χ1n) is 0.169. The van der Waals surface area contributed by atoms with Gasteiger partial charge in [0.1, 0.15) is 0 Å². The molecule has 0 N–H and O–H groups in total. The zero-order valence-corrected chi connectivity index (χ0v) is 14.4. The zero-order chi connectivity index (χ0) is 2.00. The van der Waals surface area contributed by atoms with Crippen molar-refractivity contribution in [3.63, 3.8) is 0 Å². The van der Waals surface area contributed by atoms with Crippen molar-refractivity contribution in [1.82, 2.24) is 0 Å². The van der Waals surface area contributed by atoms with E-state index >= 15 is 0 Å². The van der Waals surface area contributed by atoms with Crippen LogP contribution in [-0.4, -0.2) is 107 Å². The van der Waals surface area contributed by atoms with Crippen LogP contribution in [0.5, 0.6) is 0 Å². The largest absolute Gasteiger partial charge is 0.101 e. The molecule has 4 heavy (non-hydrogen) atoms. The second-order valence-electron chi connectivity index (χ2n) is 0. The van der Waals surface area contributed by atoms with E-state index in [4.69, 9.17) is 0 Å². The molecule has 0 bridgehead atoms. The summed E-state index contributed by atoms with van der Waals surface area (Å²) in [5.41, 5.74) is 0. The van der Waals surface area contributed by atoms with Gasteiger partial charge in [-0.3, -0.25) is 0 Å². The molecule has 0 spiro atoms. The van der Waals surface area contributed by atoms with Gasteiger partial charge in [0, 0.05) is 107 Å². The van der Waals surface area contributed by atoms with E-state index in [1.54, 1.807) is 0 Å². The van der Waals surface area contributed by atoms with Crippen LogP contribution in [0.25, 0.3) is 0 Å². The van der Waals surface area contributed by atoms with Crippen LogP contribution >= 0.6 is 25.9 Å². The van der Waals surface area contributed by atoms with Crippen molar-refractivity contribution < 1.29 is 0 Å². The number of hydrogen-bond donors (Lipinski definition) is 1. The molecular weight excluding hydrogens is 335 g/mol. The van der Waals surface area contributed by atoms with E-state index in [1.807, 2.05) is 0 Å². The summed E-state index contributed by atoms with van der Waals surface area (Å²) in [7, 11) is 0.